The number of nitrogens with one attached hydrogen (secondary N) is 3. The molecule has 0 fully saturated rings. The third kappa shape index (κ3) is 10.2. The van der Waals surface area contributed by atoms with Crippen LogP contribution in [0.4, 0.5) is 0 Å². The first kappa shape index (κ1) is 27.3. The Morgan fingerprint density at radius 3 is 1.97 bits per heavy atom. The fourth-order valence-corrected chi connectivity index (χ4v) is 2.50. The van der Waals surface area contributed by atoms with E-state index in [1.807, 2.05) is 0 Å². The van der Waals surface area contributed by atoms with Crippen LogP contribution < -0.4 is 33.2 Å². The number of rotatable bonds is 14. The summed E-state index contributed by atoms with van der Waals surface area (Å²) in [6, 6.07) is -4.39. The summed E-state index contributed by atoms with van der Waals surface area (Å²) in [6.07, 6.45) is 0.996. The largest absolute Gasteiger partial charge is 0.480 e. The number of carboxylic acids is 1. The third-order valence-corrected chi connectivity index (χ3v) is 4.31. The Morgan fingerprint density at radius 1 is 0.900 bits per heavy atom. The molecule has 0 spiro atoms. The molecule has 10 N–H and O–H groups in total. The van der Waals surface area contributed by atoms with Crippen LogP contribution in [0.1, 0.15) is 46.5 Å². The molecule has 0 aromatic carbocycles. The average Bonchev–Trinajstić information content (AvgIpc) is 2.63. The van der Waals surface area contributed by atoms with Gasteiger partial charge < -0.3 is 38.3 Å². The molecule has 4 unspecified atom stereocenters. The van der Waals surface area contributed by atoms with Crippen LogP contribution in [0.2, 0.25) is 0 Å². The van der Waals surface area contributed by atoms with E-state index in [9.17, 15) is 24.0 Å². The zero-order valence-electron chi connectivity index (χ0n) is 17.6. The Hall–Kier alpha value is -2.73. The van der Waals surface area contributed by atoms with Gasteiger partial charge in [0.15, 0.2) is 0 Å². The summed E-state index contributed by atoms with van der Waals surface area (Å²) < 4.78 is 0. The normalized spacial score (nSPS) is 14.9. The van der Waals surface area contributed by atoms with Crippen LogP contribution in [0.5, 0.6) is 0 Å². The van der Waals surface area contributed by atoms with E-state index in [-0.39, 0.29) is 18.8 Å². The molecule has 12 heteroatoms. The van der Waals surface area contributed by atoms with Gasteiger partial charge in [-0.05, 0) is 38.6 Å². The summed E-state index contributed by atoms with van der Waals surface area (Å²) in [5, 5.41) is 16.3. The van der Waals surface area contributed by atoms with Gasteiger partial charge in [0.1, 0.15) is 18.1 Å². The van der Waals surface area contributed by atoms with Gasteiger partial charge in [-0.3, -0.25) is 24.0 Å². The maximum absolute atomic E-state index is 12.8. The van der Waals surface area contributed by atoms with Gasteiger partial charge in [0.2, 0.25) is 23.6 Å². The van der Waals surface area contributed by atoms with Crippen LogP contribution in [-0.4, -0.2) is 65.4 Å². The molecule has 172 valence electrons. The molecule has 0 heterocycles. The summed E-state index contributed by atoms with van der Waals surface area (Å²) in [6.45, 7) is 5.06. The fourth-order valence-electron chi connectivity index (χ4n) is 2.50. The quantitative estimate of drug-likeness (QED) is 0.146. The topological polar surface area (TPSA) is 220 Å². The third-order valence-electron chi connectivity index (χ3n) is 4.31. The van der Waals surface area contributed by atoms with E-state index >= 15 is 0 Å². The minimum Gasteiger partial charge on any atom is -0.480 e. The van der Waals surface area contributed by atoms with Crippen LogP contribution in [0.25, 0.3) is 0 Å². The number of unbranched alkanes of at least 4 members (excludes halogenated alkanes) is 1. The van der Waals surface area contributed by atoms with Gasteiger partial charge in [0.05, 0.1) is 12.5 Å². The van der Waals surface area contributed by atoms with E-state index < -0.39 is 53.8 Å². The van der Waals surface area contributed by atoms with E-state index in [2.05, 4.69) is 16.0 Å². The molecule has 12 nitrogen and oxygen atoms in total. The van der Waals surface area contributed by atoms with Crippen LogP contribution in [0, 0.1) is 5.92 Å². The van der Waals surface area contributed by atoms with Crippen molar-refractivity contribution in [3.63, 3.8) is 0 Å². The molecule has 0 saturated heterocycles. The van der Waals surface area contributed by atoms with Crippen LogP contribution in [0.3, 0.4) is 0 Å². The summed E-state index contributed by atoms with van der Waals surface area (Å²) in [5.41, 5.74) is 16.1. The first-order valence-electron chi connectivity index (χ1n) is 9.78. The Bertz CT molecular complexity index is 626. The van der Waals surface area contributed by atoms with Crippen molar-refractivity contribution < 1.29 is 29.1 Å². The van der Waals surface area contributed by atoms with Gasteiger partial charge in [-0.1, -0.05) is 13.8 Å². The Labute approximate surface area is 175 Å². The highest BCUT2D eigenvalue weighted by molar-refractivity contribution is 5.95. The number of nitrogens with two attached hydrogens (primary N) is 3. The molecule has 0 aliphatic carbocycles. The molecule has 0 rings (SSSR count). The number of carbonyl (C=O) groups excluding carboxylic acids is 4. The summed E-state index contributed by atoms with van der Waals surface area (Å²) in [4.78, 5) is 59.3. The maximum atomic E-state index is 12.8. The zero-order chi connectivity index (χ0) is 23.4. The predicted molar refractivity (Wildman–Crippen MR) is 109 cm³/mol. The lowest BCUT2D eigenvalue weighted by molar-refractivity contribution is -0.141. The average molecular weight is 431 g/mol. The van der Waals surface area contributed by atoms with Crippen molar-refractivity contribution in [2.45, 2.75) is 70.6 Å². The number of aliphatic carboxylic acids is 1. The molecule has 0 aromatic heterocycles. The predicted octanol–water partition coefficient (Wildman–Crippen LogP) is -2.47. The highest BCUT2D eigenvalue weighted by Gasteiger charge is 2.31. The molecule has 4 atom stereocenters. The van der Waals surface area contributed by atoms with Crippen molar-refractivity contribution in [3.8, 4) is 0 Å². The summed E-state index contributed by atoms with van der Waals surface area (Å²) >= 11 is 0. The van der Waals surface area contributed by atoms with Crippen molar-refractivity contribution in [1.29, 1.82) is 0 Å². The first-order chi connectivity index (χ1) is 13.9. The second-order valence-electron chi connectivity index (χ2n) is 7.42. The minimum absolute atomic E-state index is 0.237. The molecule has 0 aliphatic heterocycles. The molecule has 30 heavy (non-hydrogen) atoms. The second kappa shape index (κ2) is 13.5. The zero-order valence-corrected chi connectivity index (χ0v) is 17.6. The molecular weight excluding hydrogens is 396 g/mol. The first-order valence-corrected chi connectivity index (χ1v) is 9.78. The lowest BCUT2D eigenvalue weighted by atomic mass is 10.0. The van der Waals surface area contributed by atoms with Crippen LogP contribution in [-0.2, 0) is 24.0 Å². The van der Waals surface area contributed by atoms with Crippen molar-refractivity contribution in [3.05, 3.63) is 0 Å². The number of carbonyl (C=O) groups is 5. The van der Waals surface area contributed by atoms with Gasteiger partial charge in [-0.2, -0.15) is 0 Å². The molecule has 0 saturated carbocycles. The van der Waals surface area contributed by atoms with Crippen molar-refractivity contribution in [2.24, 2.45) is 23.1 Å². The van der Waals surface area contributed by atoms with E-state index in [0.717, 1.165) is 0 Å². The van der Waals surface area contributed by atoms with E-state index in [1.165, 1.54) is 6.92 Å². The van der Waals surface area contributed by atoms with Crippen LogP contribution in [0.15, 0.2) is 0 Å². The van der Waals surface area contributed by atoms with Gasteiger partial charge >= 0.3 is 5.97 Å². The SMILES string of the molecule is CC(NC(=O)C(CCCCN)NC(=O)C(NC(=O)C(N)CC(N)=O)C(C)C)C(=O)O. The molecule has 4 amide bonds. The lowest BCUT2D eigenvalue weighted by Crippen LogP contribution is -2.58. The lowest BCUT2D eigenvalue weighted by Gasteiger charge is -2.26. The molecule has 0 bridgehead atoms. The number of amides is 4. The monoisotopic (exact) mass is 430 g/mol. The Kier molecular flexibility index (Phi) is 12.3. The van der Waals surface area contributed by atoms with Crippen molar-refractivity contribution in [1.82, 2.24) is 16.0 Å². The van der Waals surface area contributed by atoms with E-state index in [1.54, 1.807) is 13.8 Å². The van der Waals surface area contributed by atoms with E-state index in [0.29, 0.717) is 19.4 Å². The van der Waals surface area contributed by atoms with Crippen molar-refractivity contribution >= 4 is 29.6 Å². The fraction of sp³-hybridized carbons (Fsp3) is 0.722. The van der Waals surface area contributed by atoms with Crippen LogP contribution >= 0.6 is 0 Å². The smallest absolute Gasteiger partial charge is 0.325 e. The minimum atomic E-state index is -1.22. The highest BCUT2D eigenvalue weighted by Crippen LogP contribution is 2.07. The molecule has 0 radical (unpaired) electrons. The summed E-state index contributed by atoms with van der Waals surface area (Å²) in [5.74, 6) is -4.36. The van der Waals surface area contributed by atoms with Crippen molar-refractivity contribution in [2.75, 3.05) is 6.54 Å². The second-order valence-corrected chi connectivity index (χ2v) is 7.42. The van der Waals surface area contributed by atoms with Gasteiger partial charge in [0, 0.05) is 0 Å². The molecule has 0 aromatic rings. The number of primary amides is 1. The van der Waals surface area contributed by atoms with E-state index in [4.69, 9.17) is 22.3 Å². The van der Waals surface area contributed by atoms with Gasteiger partial charge in [-0.15, -0.1) is 0 Å². The number of hydrogen-bond acceptors (Lipinski definition) is 7. The standard InChI is InChI=1S/C18H34N6O6/c1-9(2)14(24-15(26)11(20)8-13(21)25)17(28)23-12(6-4-5-7-19)16(27)22-10(3)18(29)30/h9-12,14H,4-8,19-20H2,1-3H3,(H2,21,25)(H,22,27)(H,23,28)(H,24,26)(H,29,30). The highest BCUT2D eigenvalue weighted by atomic mass is 16.4. The number of carboxylic acid groups (broad SMARTS) is 1. The van der Waals surface area contributed by atoms with Gasteiger partial charge in [0.25, 0.3) is 0 Å². The Balaban J connectivity index is 5.27. The Morgan fingerprint density at radius 2 is 1.50 bits per heavy atom. The summed E-state index contributed by atoms with van der Waals surface area (Å²) in [7, 11) is 0. The molecular formula is C18H34N6O6. The number of hydrogen-bond donors (Lipinski definition) is 7. The molecule has 0 aliphatic rings. The maximum Gasteiger partial charge on any atom is 0.325 e. The van der Waals surface area contributed by atoms with Gasteiger partial charge in [-0.25, -0.2) is 0 Å².